The van der Waals surface area contributed by atoms with E-state index in [2.05, 4.69) is 20.3 Å². The Morgan fingerprint density at radius 1 is 1.18 bits per heavy atom. The van der Waals surface area contributed by atoms with E-state index in [0.717, 1.165) is 43.4 Å². The lowest BCUT2D eigenvalue weighted by Gasteiger charge is -2.21. The summed E-state index contributed by atoms with van der Waals surface area (Å²) in [6.45, 7) is 1.46. The van der Waals surface area contributed by atoms with Crippen LogP contribution >= 0.6 is 0 Å². The molecule has 2 fully saturated rings. The van der Waals surface area contributed by atoms with Crippen LogP contribution in [-0.4, -0.2) is 43.1 Å². The number of carbonyl (C=O) groups is 1. The fraction of sp³-hybridized carbons (Fsp3) is 0.478. The van der Waals surface area contributed by atoms with E-state index in [1.165, 1.54) is 29.7 Å². The molecular formula is C23H24F3N7O. The maximum Gasteiger partial charge on any atom is 0.416 e. The standard InChI is InChI=1S/C23H24F3N7O/c1-31-11-29-21-17(2-3-19(21)31)30-22(34)18-10-32(12-28-18)7-15-6-27-20(5-16(15)23(24,25)26)33-8-13-4-14(13)9-33/h5-6,10-14,17H,2-4,7-9H2,1H3,(H,30,34)/t13?,14?,17-/m1/s1. The second-order valence-corrected chi connectivity index (χ2v) is 9.54. The SMILES string of the molecule is Cn1cnc2c1CC[C@H]2NC(=O)c1cn(Cc2cnc(N3CC4CC4C3)cc2C(F)(F)F)cn1. The van der Waals surface area contributed by atoms with Crippen molar-refractivity contribution < 1.29 is 18.0 Å². The molecule has 6 rings (SSSR count). The Hall–Kier alpha value is -3.37. The zero-order chi connectivity index (χ0) is 23.6. The van der Waals surface area contributed by atoms with Crippen LogP contribution in [0.1, 0.15) is 51.9 Å². The molecule has 3 aromatic rings. The molecule has 0 aromatic carbocycles. The number of pyridine rings is 1. The van der Waals surface area contributed by atoms with Crippen LogP contribution in [0.15, 0.2) is 31.1 Å². The summed E-state index contributed by atoms with van der Waals surface area (Å²) in [4.78, 5) is 27.5. The summed E-state index contributed by atoms with van der Waals surface area (Å²) in [5.74, 6) is 1.19. The number of fused-ring (bicyclic) bond motifs is 2. The van der Waals surface area contributed by atoms with Crippen LogP contribution in [0.5, 0.6) is 0 Å². The molecular weight excluding hydrogens is 447 g/mol. The van der Waals surface area contributed by atoms with E-state index in [4.69, 9.17) is 0 Å². The highest BCUT2D eigenvalue weighted by molar-refractivity contribution is 5.92. The Morgan fingerprint density at radius 2 is 1.97 bits per heavy atom. The van der Waals surface area contributed by atoms with Gasteiger partial charge in [0.1, 0.15) is 11.5 Å². The van der Waals surface area contributed by atoms with Crippen LogP contribution in [0.3, 0.4) is 0 Å². The van der Waals surface area contributed by atoms with Gasteiger partial charge in [-0.05, 0) is 37.2 Å². The Morgan fingerprint density at radius 3 is 2.74 bits per heavy atom. The van der Waals surface area contributed by atoms with Gasteiger partial charge >= 0.3 is 6.18 Å². The molecule has 1 saturated heterocycles. The van der Waals surface area contributed by atoms with Crippen molar-refractivity contribution in [2.24, 2.45) is 18.9 Å². The van der Waals surface area contributed by atoms with Crippen LogP contribution in [0.2, 0.25) is 0 Å². The topological polar surface area (TPSA) is 80.9 Å². The van der Waals surface area contributed by atoms with E-state index >= 15 is 0 Å². The number of imidazole rings is 2. The fourth-order valence-corrected chi connectivity index (χ4v) is 5.24. The minimum absolute atomic E-state index is 0.0406. The average molecular weight is 471 g/mol. The van der Waals surface area contributed by atoms with E-state index in [1.807, 2.05) is 16.5 Å². The van der Waals surface area contributed by atoms with Crippen LogP contribution in [0.25, 0.3) is 0 Å². The average Bonchev–Trinajstić information content (AvgIpc) is 3.26. The third-order valence-corrected chi connectivity index (χ3v) is 7.20. The molecule has 1 amide bonds. The summed E-state index contributed by atoms with van der Waals surface area (Å²) >= 11 is 0. The molecule has 3 aliphatic rings. The maximum atomic E-state index is 13.8. The van der Waals surface area contributed by atoms with Crippen molar-refractivity contribution in [1.29, 1.82) is 0 Å². The van der Waals surface area contributed by atoms with Gasteiger partial charge in [-0.25, -0.2) is 15.0 Å². The Bertz CT molecular complexity index is 1250. The van der Waals surface area contributed by atoms with Gasteiger partial charge in [-0.3, -0.25) is 4.79 Å². The number of aromatic nitrogens is 5. The van der Waals surface area contributed by atoms with Gasteiger partial charge in [-0.15, -0.1) is 0 Å². The number of hydrogen-bond acceptors (Lipinski definition) is 5. The van der Waals surface area contributed by atoms with Crippen molar-refractivity contribution in [3.63, 3.8) is 0 Å². The third-order valence-electron chi connectivity index (χ3n) is 7.20. The molecule has 1 aliphatic heterocycles. The summed E-state index contributed by atoms with van der Waals surface area (Å²) in [5, 5.41) is 2.93. The van der Waals surface area contributed by atoms with E-state index in [0.29, 0.717) is 17.7 Å². The van der Waals surface area contributed by atoms with Crippen molar-refractivity contribution in [1.82, 2.24) is 29.4 Å². The molecule has 178 valence electrons. The number of hydrogen-bond donors (Lipinski definition) is 1. The van der Waals surface area contributed by atoms with Gasteiger partial charge in [0.25, 0.3) is 5.91 Å². The van der Waals surface area contributed by atoms with Crippen molar-refractivity contribution in [3.05, 3.63) is 59.3 Å². The predicted octanol–water partition coefficient (Wildman–Crippen LogP) is 2.95. The quantitative estimate of drug-likeness (QED) is 0.619. The van der Waals surface area contributed by atoms with Gasteiger partial charge in [0.2, 0.25) is 0 Å². The lowest BCUT2D eigenvalue weighted by Crippen LogP contribution is -2.27. The lowest BCUT2D eigenvalue weighted by molar-refractivity contribution is -0.138. The van der Waals surface area contributed by atoms with E-state index < -0.39 is 11.7 Å². The fourth-order valence-electron chi connectivity index (χ4n) is 5.24. The number of piperidine rings is 1. The zero-order valence-corrected chi connectivity index (χ0v) is 18.6. The highest BCUT2D eigenvalue weighted by Crippen LogP contribution is 2.46. The normalized spacial score (nSPS) is 23.2. The molecule has 2 unspecified atom stereocenters. The minimum Gasteiger partial charge on any atom is -0.356 e. The van der Waals surface area contributed by atoms with Gasteiger partial charge in [-0.2, -0.15) is 13.2 Å². The Kier molecular flexibility index (Phi) is 4.72. The zero-order valence-electron chi connectivity index (χ0n) is 18.6. The third kappa shape index (κ3) is 3.72. The molecule has 1 N–H and O–H groups in total. The first-order valence-electron chi connectivity index (χ1n) is 11.4. The van der Waals surface area contributed by atoms with Crippen LogP contribution in [-0.2, 0) is 26.2 Å². The van der Waals surface area contributed by atoms with Gasteiger partial charge in [0.15, 0.2) is 0 Å². The largest absolute Gasteiger partial charge is 0.416 e. The molecule has 3 aromatic heterocycles. The monoisotopic (exact) mass is 471 g/mol. The predicted molar refractivity (Wildman–Crippen MR) is 116 cm³/mol. The summed E-state index contributed by atoms with van der Waals surface area (Å²) in [7, 11) is 1.92. The van der Waals surface area contributed by atoms with Crippen LogP contribution in [0, 0.1) is 11.8 Å². The van der Waals surface area contributed by atoms with Gasteiger partial charge in [0.05, 0.1) is 36.5 Å². The number of nitrogens with zero attached hydrogens (tertiary/aromatic N) is 6. The Balaban J connectivity index is 1.18. The first kappa shape index (κ1) is 21.2. The molecule has 0 bridgehead atoms. The van der Waals surface area contributed by atoms with Gasteiger partial charge in [-0.1, -0.05) is 0 Å². The maximum absolute atomic E-state index is 13.8. The van der Waals surface area contributed by atoms with Crippen molar-refractivity contribution in [2.75, 3.05) is 18.0 Å². The number of amides is 1. The van der Waals surface area contributed by atoms with E-state index in [9.17, 15) is 18.0 Å². The highest BCUT2D eigenvalue weighted by atomic mass is 19.4. The Labute approximate surface area is 193 Å². The summed E-state index contributed by atoms with van der Waals surface area (Å²) < 4.78 is 45.0. The minimum atomic E-state index is -4.50. The van der Waals surface area contributed by atoms with Gasteiger partial charge in [0, 0.05) is 43.8 Å². The molecule has 0 spiro atoms. The molecule has 1 saturated carbocycles. The number of anilines is 1. The van der Waals surface area contributed by atoms with E-state index in [1.54, 1.807) is 6.33 Å². The van der Waals surface area contributed by atoms with Crippen molar-refractivity contribution >= 4 is 11.7 Å². The molecule has 8 nitrogen and oxygen atoms in total. The number of aryl methyl sites for hydroxylation is 1. The summed E-state index contributed by atoms with van der Waals surface area (Å²) in [5.41, 5.74) is 1.44. The number of halogens is 3. The molecule has 2 aliphatic carbocycles. The molecule has 34 heavy (non-hydrogen) atoms. The summed E-state index contributed by atoms with van der Waals surface area (Å²) in [6.07, 6.45) is 4.10. The first-order valence-corrected chi connectivity index (χ1v) is 11.4. The van der Waals surface area contributed by atoms with Gasteiger partial charge < -0.3 is 19.4 Å². The highest BCUT2D eigenvalue weighted by Gasteiger charge is 2.46. The molecule has 3 atom stereocenters. The molecule has 0 radical (unpaired) electrons. The number of nitrogens with one attached hydrogen (secondary N) is 1. The number of carbonyl (C=O) groups excluding carboxylic acids is 1. The lowest BCUT2D eigenvalue weighted by atomic mass is 10.1. The number of rotatable bonds is 5. The second kappa shape index (κ2) is 7.57. The summed E-state index contributed by atoms with van der Waals surface area (Å²) in [6, 6.07) is 0.953. The van der Waals surface area contributed by atoms with Crippen LogP contribution < -0.4 is 10.2 Å². The number of alkyl halides is 3. The smallest absolute Gasteiger partial charge is 0.356 e. The first-order chi connectivity index (χ1) is 16.3. The van der Waals surface area contributed by atoms with E-state index in [-0.39, 0.29) is 29.8 Å². The second-order valence-electron chi connectivity index (χ2n) is 9.54. The van der Waals surface area contributed by atoms with Crippen LogP contribution in [0.4, 0.5) is 19.0 Å². The van der Waals surface area contributed by atoms with Crippen molar-refractivity contribution in [3.8, 4) is 0 Å². The van der Waals surface area contributed by atoms with Crippen molar-refractivity contribution in [2.45, 2.75) is 38.0 Å². The molecule has 11 heteroatoms. The molecule has 4 heterocycles.